The van der Waals surface area contributed by atoms with Gasteiger partial charge >= 0.3 is 6.03 Å². The van der Waals surface area contributed by atoms with Crippen LogP contribution in [0.5, 0.6) is 5.75 Å². The van der Waals surface area contributed by atoms with Crippen molar-refractivity contribution in [2.45, 2.75) is 44.9 Å². The molecule has 0 aliphatic carbocycles. The van der Waals surface area contributed by atoms with Crippen LogP contribution in [0.4, 0.5) is 4.79 Å². The predicted molar refractivity (Wildman–Crippen MR) is 86.3 cm³/mol. The summed E-state index contributed by atoms with van der Waals surface area (Å²) in [6, 6.07) is 4.97. The number of methoxy groups -OCH3 is 1. The second-order valence-electron chi connectivity index (χ2n) is 6.12. The Morgan fingerprint density at radius 3 is 2.91 bits per heavy atom. The zero-order chi connectivity index (χ0) is 16.3. The molecule has 1 saturated heterocycles. The summed E-state index contributed by atoms with van der Waals surface area (Å²) in [5, 5.41) is 13.7. The van der Waals surface area contributed by atoms with Gasteiger partial charge in [-0.25, -0.2) is 4.79 Å². The number of hydrogen-bond donors (Lipinski definition) is 2. The van der Waals surface area contributed by atoms with Crippen molar-refractivity contribution < 1.29 is 14.6 Å². The van der Waals surface area contributed by atoms with Crippen LogP contribution in [0.15, 0.2) is 18.2 Å². The van der Waals surface area contributed by atoms with E-state index in [1.54, 1.807) is 44.1 Å². The van der Waals surface area contributed by atoms with Crippen molar-refractivity contribution in [1.29, 1.82) is 0 Å². The van der Waals surface area contributed by atoms with E-state index in [0.29, 0.717) is 23.9 Å². The van der Waals surface area contributed by atoms with Crippen LogP contribution in [0, 0.1) is 0 Å². The highest BCUT2D eigenvalue weighted by Crippen LogP contribution is 2.27. The lowest BCUT2D eigenvalue weighted by atomic mass is 9.97. The Bertz CT molecular complexity index is 543. The Hall–Kier alpha value is -1.46. The van der Waals surface area contributed by atoms with Crippen LogP contribution < -0.4 is 10.1 Å². The van der Waals surface area contributed by atoms with Gasteiger partial charge in [-0.15, -0.1) is 0 Å². The van der Waals surface area contributed by atoms with Crippen LogP contribution in [-0.4, -0.2) is 41.3 Å². The van der Waals surface area contributed by atoms with Gasteiger partial charge in [0.1, 0.15) is 5.75 Å². The highest BCUT2D eigenvalue weighted by Gasteiger charge is 2.38. The molecule has 5 nitrogen and oxygen atoms in total. The lowest BCUT2D eigenvalue weighted by Crippen LogP contribution is -2.51. The van der Waals surface area contributed by atoms with Crippen molar-refractivity contribution in [2.75, 3.05) is 13.7 Å². The maximum atomic E-state index is 12.4. The Morgan fingerprint density at radius 1 is 1.55 bits per heavy atom. The molecule has 6 heteroatoms. The molecule has 0 bridgehead atoms. The summed E-state index contributed by atoms with van der Waals surface area (Å²) in [7, 11) is 1.58. The van der Waals surface area contributed by atoms with Crippen LogP contribution in [0.25, 0.3) is 0 Å². The van der Waals surface area contributed by atoms with Gasteiger partial charge in [0.15, 0.2) is 0 Å². The number of likely N-dealkylation sites (tertiary alicyclic amines) is 1. The number of amides is 2. The van der Waals surface area contributed by atoms with E-state index >= 15 is 0 Å². The predicted octanol–water partition coefficient (Wildman–Crippen LogP) is 2.79. The molecule has 0 aromatic heterocycles. The molecule has 0 saturated carbocycles. The zero-order valence-electron chi connectivity index (χ0n) is 13.2. The first kappa shape index (κ1) is 16.9. The summed E-state index contributed by atoms with van der Waals surface area (Å²) in [5.74, 6) is 0.685. The molecule has 2 rings (SSSR count). The molecule has 1 aliphatic heterocycles. The number of benzene rings is 1. The number of carbonyl (C=O) groups is 1. The Kier molecular flexibility index (Phi) is 5.19. The molecular formula is C16H23ClN2O3. The number of urea groups is 1. The molecule has 0 unspecified atom stereocenters. The molecule has 1 fully saturated rings. The van der Waals surface area contributed by atoms with Crippen molar-refractivity contribution in [3.63, 3.8) is 0 Å². The van der Waals surface area contributed by atoms with Gasteiger partial charge in [0.25, 0.3) is 0 Å². The Labute approximate surface area is 136 Å². The van der Waals surface area contributed by atoms with Gasteiger partial charge in [-0.1, -0.05) is 11.6 Å². The first-order valence-corrected chi connectivity index (χ1v) is 7.80. The highest BCUT2D eigenvalue weighted by atomic mass is 35.5. The lowest BCUT2D eigenvalue weighted by Gasteiger charge is -2.33. The summed E-state index contributed by atoms with van der Waals surface area (Å²) >= 11 is 5.99. The second-order valence-corrected chi connectivity index (χ2v) is 6.56. The second kappa shape index (κ2) is 6.75. The number of carbonyl (C=O) groups excluding carboxylic acids is 1. The van der Waals surface area contributed by atoms with Crippen LogP contribution in [-0.2, 0) is 6.54 Å². The van der Waals surface area contributed by atoms with Crippen molar-refractivity contribution >= 4 is 17.6 Å². The van der Waals surface area contributed by atoms with Gasteiger partial charge in [0.2, 0.25) is 0 Å². The summed E-state index contributed by atoms with van der Waals surface area (Å²) in [6.45, 7) is 4.47. The van der Waals surface area contributed by atoms with Gasteiger partial charge in [-0.05, 0) is 44.9 Å². The number of nitrogens with zero attached hydrogens (tertiary/aromatic N) is 1. The first-order chi connectivity index (χ1) is 10.3. The number of aliphatic hydroxyl groups is 1. The number of halogens is 1. The third-order valence-electron chi connectivity index (χ3n) is 4.00. The van der Waals surface area contributed by atoms with Gasteiger partial charge in [-0.3, -0.25) is 0 Å². The van der Waals surface area contributed by atoms with Gasteiger partial charge in [0, 0.05) is 23.7 Å². The van der Waals surface area contributed by atoms with E-state index in [-0.39, 0.29) is 12.1 Å². The van der Waals surface area contributed by atoms with Crippen molar-refractivity contribution in [2.24, 2.45) is 0 Å². The third kappa shape index (κ3) is 3.84. The smallest absolute Gasteiger partial charge is 0.318 e. The molecule has 0 radical (unpaired) electrons. The molecular weight excluding hydrogens is 304 g/mol. The number of hydrogen-bond acceptors (Lipinski definition) is 3. The minimum atomic E-state index is -0.901. The number of nitrogens with one attached hydrogen (secondary N) is 1. The summed E-state index contributed by atoms with van der Waals surface area (Å²) in [5.41, 5.74) is -0.0796. The van der Waals surface area contributed by atoms with Crippen LogP contribution in [0.2, 0.25) is 5.02 Å². The van der Waals surface area contributed by atoms with E-state index in [1.807, 2.05) is 0 Å². The van der Waals surface area contributed by atoms with Crippen LogP contribution in [0.1, 0.15) is 32.3 Å². The van der Waals surface area contributed by atoms with E-state index in [9.17, 15) is 9.90 Å². The minimum absolute atomic E-state index is 0.159. The number of rotatable bonds is 4. The number of ether oxygens (including phenoxy) is 1. The maximum Gasteiger partial charge on any atom is 0.318 e. The summed E-state index contributed by atoms with van der Waals surface area (Å²) in [4.78, 5) is 14.1. The van der Waals surface area contributed by atoms with E-state index < -0.39 is 5.60 Å². The molecule has 1 aliphatic rings. The third-order valence-corrected chi connectivity index (χ3v) is 4.24. The van der Waals surface area contributed by atoms with Crippen LogP contribution in [0.3, 0.4) is 0 Å². The molecule has 0 spiro atoms. The van der Waals surface area contributed by atoms with Crippen LogP contribution >= 0.6 is 11.6 Å². The molecule has 1 aromatic carbocycles. The Balaban J connectivity index is 2.02. The average molecular weight is 327 g/mol. The quantitative estimate of drug-likeness (QED) is 0.894. The van der Waals surface area contributed by atoms with E-state index in [0.717, 1.165) is 18.4 Å². The van der Waals surface area contributed by atoms with Gasteiger partial charge in [0.05, 0.1) is 18.8 Å². The molecule has 1 atom stereocenters. The molecule has 22 heavy (non-hydrogen) atoms. The molecule has 2 amide bonds. The largest absolute Gasteiger partial charge is 0.496 e. The SMILES string of the molecule is COc1ccc(Cl)cc1CNC(=O)N1CCC[C@@H]1C(C)(C)O. The summed E-state index contributed by atoms with van der Waals surface area (Å²) < 4.78 is 5.27. The lowest BCUT2D eigenvalue weighted by molar-refractivity contribution is 0.00978. The highest BCUT2D eigenvalue weighted by molar-refractivity contribution is 6.30. The van der Waals surface area contributed by atoms with Crippen molar-refractivity contribution in [3.05, 3.63) is 28.8 Å². The maximum absolute atomic E-state index is 12.4. The minimum Gasteiger partial charge on any atom is -0.496 e. The monoisotopic (exact) mass is 326 g/mol. The van der Waals surface area contributed by atoms with Crippen molar-refractivity contribution in [3.8, 4) is 5.75 Å². The molecule has 122 valence electrons. The Morgan fingerprint density at radius 2 is 2.27 bits per heavy atom. The van der Waals surface area contributed by atoms with E-state index in [1.165, 1.54) is 0 Å². The summed E-state index contributed by atoms with van der Waals surface area (Å²) in [6.07, 6.45) is 1.72. The zero-order valence-corrected chi connectivity index (χ0v) is 14.0. The van der Waals surface area contributed by atoms with E-state index in [2.05, 4.69) is 5.32 Å². The van der Waals surface area contributed by atoms with Gasteiger partial charge < -0.3 is 20.1 Å². The normalized spacial score (nSPS) is 18.4. The fourth-order valence-electron chi connectivity index (χ4n) is 2.90. The standard InChI is InChI=1S/C16H23ClN2O3/c1-16(2,21)14-5-4-8-19(14)15(20)18-10-11-9-12(17)6-7-13(11)22-3/h6-7,9,14,21H,4-5,8,10H2,1-3H3,(H,18,20)/t14-/m1/s1. The molecule has 2 N–H and O–H groups in total. The van der Waals surface area contributed by atoms with E-state index in [4.69, 9.17) is 16.3 Å². The fraction of sp³-hybridized carbons (Fsp3) is 0.562. The topological polar surface area (TPSA) is 61.8 Å². The average Bonchev–Trinajstić information content (AvgIpc) is 2.94. The van der Waals surface area contributed by atoms with Gasteiger partial charge in [-0.2, -0.15) is 0 Å². The fourth-order valence-corrected chi connectivity index (χ4v) is 3.10. The molecule has 1 heterocycles. The molecule has 1 aromatic rings. The first-order valence-electron chi connectivity index (χ1n) is 7.42. The van der Waals surface area contributed by atoms with Crippen molar-refractivity contribution in [1.82, 2.24) is 10.2 Å².